The molecule has 1 atom stereocenters. The third-order valence-electron chi connectivity index (χ3n) is 3.00. The van der Waals surface area contributed by atoms with Gasteiger partial charge in [0.25, 0.3) is 0 Å². The smallest absolute Gasteiger partial charge is 0.142 e. The highest BCUT2D eigenvalue weighted by Crippen LogP contribution is 2.19. The molecule has 0 aliphatic carbocycles. The summed E-state index contributed by atoms with van der Waals surface area (Å²) in [6, 6.07) is 9.81. The average molecular weight is 246 g/mol. The number of carbonyl (C=O) groups excluding carboxylic acids is 1. The summed E-state index contributed by atoms with van der Waals surface area (Å²) in [5, 5.41) is 9.94. The van der Waals surface area contributed by atoms with Crippen molar-refractivity contribution in [1.29, 1.82) is 0 Å². The maximum absolute atomic E-state index is 10.0. The van der Waals surface area contributed by atoms with Crippen molar-refractivity contribution in [1.82, 2.24) is 0 Å². The lowest BCUT2D eigenvalue weighted by molar-refractivity contribution is -0.104. The molecule has 0 spiro atoms. The number of aliphatic hydroxyl groups is 1. The molecule has 0 radical (unpaired) electrons. The van der Waals surface area contributed by atoms with Gasteiger partial charge in [-0.2, -0.15) is 0 Å². The fourth-order valence-electron chi connectivity index (χ4n) is 1.95. The molecule has 98 valence electrons. The molecular formula is C16H22O2. The average Bonchev–Trinajstić information content (AvgIpc) is 2.42. The Morgan fingerprint density at radius 3 is 2.50 bits per heavy atom. The lowest BCUT2D eigenvalue weighted by Gasteiger charge is -2.10. The van der Waals surface area contributed by atoms with Gasteiger partial charge < -0.3 is 5.11 Å². The minimum Gasteiger partial charge on any atom is -0.388 e. The van der Waals surface area contributed by atoms with E-state index in [1.165, 1.54) is 0 Å². The van der Waals surface area contributed by atoms with Crippen molar-refractivity contribution < 1.29 is 9.90 Å². The second-order valence-electron chi connectivity index (χ2n) is 4.48. The summed E-state index contributed by atoms with van der Waals surface area (Å²) in [5.41, 5.74) is 1.01. The van der Waals surface area contributed by atoms with Crippen molar-refractivity contribution in [2.45, 2.75) is 44.6 Å². The van der Waals surface area contributed by atoms with Gasteiger partial charge in [-0.15, -0.1) is 0 Å². The molecule has 0 aromatic heterocycles. The predicted octanol–water partition coefficient (Wildman–Crippen LogP) is 3.82. The Morgan fingerprint density at radius 1 is 1.06 bits per heavy atom. The van der Waals surface area contributed by atoms with E-state index in [0.717, 1.165) is 50.4 Å². The van der Waals surface area contributed by atoms with Crippen LogP contribution in [0.5, 0.6) is 0 Å². The zero-order chi connectivity index (χ0) is 13.1. The first kappa shape index (κ1) is 14.7. The molecule has 18 heavy (non-hydrogen) atoms. The summed E-state index contributed by atoms with van der Waals surface area (Å²) in [5.74, 6) is 0. The highest BCUT2D eigenvalue weighted by atomic mass is 16.3. The van der Waals surface area contributed by atoms with Crippen LogP contribution in [0.1, 0.15) is 50.2 Å². The molecule has 0 bridgehead atoms. The molecule has 0 fully saturated rings. The summed E-state index contributed by atoms with van der Waals surface area (Å²) in [6.45, 7) is 0. The van der Waals surface area contributed by atoms with E-state index in [4.69, 9.17) is 0 Å². The summed E-state index contributed by atoms with van der Waals surface area (Å²) >= 11 is 0. The maximum Gasteiger partial charge on any atom is 0.142 e. The van der Waals surface area contributed by atoms with E-state index >= 15 is 0 Å². The van der Waals surface area contributed by atoms with Gasteiger partial charge in [0.1, 0.15) is 6.29 Å². The van der Waals surface area contributed by atoms with Crippen LogP contribution in [0.4, 0.5) is 0 Å². The number of aldehydes is 1. The Hall–Kier alpha value is -1.41. The first-order valence-electron chi connectivity index (χ1n) is 6.68. The van der Waals surface area contributed by atoms with Gasteiger partial charge in [-0.3, -0.25) is 4.79 Å². The summed E-state index contributed by atoms with van der Waals surface area (Å²) in [7, 11) is 0. The van der Waals surface area contributed by atoms with Crippen LogP contribution in [0.3, 0.4) is 0 Å². The number of hydrogen-bond acceptors (Lipinski definition) is 2. The summed E-state index contributed by atoms with van der Waals surface area (Å²) in [4.78, 5) is 10.0. The van der Waals surface area contributed by atoms with Crippen LogP contribution in [-0.4, -0.2) is 11.4 Å². The first-order chi connectivity index (χ1) is 8.84. The topological polar surface area (TPSA) is 37.3 Å². The van der Waals surface area contributed by atoms with Crippen LogP contribution >= 0.6 is 0 Å². The fourth-order valence-corrected chi connectivity index (χ4v) is 1.95. The molecule has 0 amide bonds. The number of aliphatic hydroxyl groups excluding tert-OH is 1. The normalized spacial score (nSPS) is 12.7. The van der Waals surface area contributed by atoms with E-state index in [0.29, 0.717) is 0 Å². The SMILES string of the molecule is O=C/C=C/CCCCCCC(O)c1ccccc1. The number of allylic oxidation sites excluding steroid dienone is 2. The minimum atomic E-state index is -0.332. The molecule has 0 heterocycles. The Balaban J connectivity index is 2.04. The number of rotatable bonds is 9. The maximum atomic E-state index is 10.0. The second kappa shape index (κ2) is 9.60. The van der Waals surface area contributed by atoms with E-state index in [1.807, 2.05) is 36.4 Å². The van der Waals surface area contributed by atoms with Gasteiger partial charge in [-0.25, -0.2) is 0 Å². The molecule has 2 heteroatoms. The third-order valence-corrected chi connectivity index (χ3v) is 3.00. The van der Waals surface area contributed by atoms with Crippen molar-refractivity contribution in [3.63, 3.8) is 0 Å². The van der Waals surface area contributed by atoms with E-state index < -0.39 is 0 Å². The zero-order valence-electron chi connectivity index (χ0n) is 10.8. The fraction of sp³-hybridized carbons (Fsp3) is 0.438. The van der Waals surface area contributed by atoms with Crippen LogP contribution < -0.4 is 0 Å². The van der Waals surface area contributed by atoms with Crippen LogP contribution in [0.15, 0.2) is 42.5 Å². The minimum absolute atomic E-state index is 0.332. The molecule has 2 nitrogen and oxygen atoms in total. The van der Waals surface area contributed by atoms with Gasteiger partial charge in [0.2, 0.25) is 0 Å². The molecule has 0 saturated carbocycles. The highest BCUT2D eigenvalue weighted by Gasteiger charge is 2.05. The van der Waals surface area contributed by atoms with Gasteiger partial charge >= 0.3 is 0 Å². The van der Waals surface area contributed by atoms with E-state index in [-0.39, 0.29) is 6.10 Å². The van der Waals surface area contributed by atoms with Gasteiger partial charge in [-0.05, 0) is 30.9 Å². The standard InChI is InChI=1S/C16H22O2/c17-14-10-5-3-1-2-4-9-13-16(18)15-11-7-6-8-12-15/h5-8,10-12,14,16,18H,1-4,9,13H2/b10-5+. The van der Waals surface area contributed by atoms with Gasteiger partial charge in [0.05, 0.1) is 6.10 Å². The van der Waals surface area contributed by atoms with Crippen molar-refractivity contribution >= 4 is 6.29 Å². The van der Waals surface area contributed by atoms with Gasteiger partial charge in [-0.1, -0.05) is 55.7 Å². The predicted molar refractivity (Wildman–Crippen MR) is 74.3 cm³/mol. The molecule has 0 aliphatic rings. The Labute approximate surface area is 109 Å². The van der Waals surface area contributed by atoms with E-state index in [1.54, 1.807) is 6.08 Å². The Morgan fingerprint density at radius 2 is 1.78 bits per heavy atom. The summed E-state index contributed by atoms with van der Waals surface area (Å²) < 4.78 is 0. The highest BCUT2D eigenvalue weighted by molar-refractivity contribution is 5.64. The number of unbranched alkanes of at least 4 members (excludes halogenated alkanes) is 4. The molecule has 1 N–H and O–H groups in total. The van der Waals surface area contributed by atoms with Crippen LogP contribution in [0, 0.1) is 0 Å². The lowest BCUT2D eigenvalue weighted by atomic mass is 10.0. The third kappa shape index (κ3) is 6.36. The van der Waals surface area contributed by atoms with Crippen LogP contribution in [-0.2, 0) is 4.79 Å². The molecule has 0 saturated heterocycles. The van der Waals surface area contributed by atoms with Crippen molar-refractivity contribution in [2.24, 2.45) is 0 Å². The molecule has 1 unspecified atom stereocenters. The number of carbonyl (C=O) groups is 1. The first-order valence-corrected chi connectivity index (χ1v) is 6.68. The quantitative estimate of drug-likeness (QED) is 0.408. The van der Waals surface area contributed by atoms with Crippen molar-refractivity contribution in [2.75, 3.05) is 0 Å². The summed E-state index contributed by atoms with van der Waals surface area (Å²) in [6.07, 6.45) is 10.2. The molecule has 1 aromatic rings. The molecule has 0 aliphatic heterocycles. The second-order valence-corrected chi connectivity index (χ2v) is 4.48. The lowest BCUT2D eigenvalue weighted by Crippen LogP contribution is -1.96. The Kier molecular flexibility index (Phi) is 7.82. The molecule has 1 aromatic carbocycles. The van der Waals surface area contributed by atoms with Crippen molar-refractivity contribution in [3.05, 3.63) is 48.0 Å². The van der Waals surface area contributed by atoms with E-state index in [2.05, 4.69) is 0 Å². The molecule has 1 rings (SSSR count). The zero-order valence-corrected chi connectivity index (χ0v) is 10.8. The van der Waals surface area contributed by atoms with Crippen LogP contribution in [0.25, 0.3) is 0 Å². The van der Waals surface area contributed by atoms with Crippen molar-refractivity contribution in [3.8, 4) is 0 Å². The Bertz CT molecular complexity index is 343. The largest absolute Gasteiger partial charge is 0.388 e. The monoisotopic (exact) mass is 246 g/mol. The molecular weight excluding hydrogens is 224 g/mol. The van der Waals surface area contributed by atoms with E-state index in [9.17, 15) is 9.90 Å². The number of benzene rings is 1. The number of hydrogen-bond donors (Lipinski definition) is 1. The van der Waals surface area contributed by atoms with Gasteiger partial charge in [0.15, 0.2) is 0 Å². The van der Waals surface area contributed by atoms with Crippen LogP contribution in [0.2, 0.25) is 0 Å². The van der Waals surface area contributed by atoms with Gasteiger partial charge in [0, 0.05) is 0 Å².